The first-order valence-corrected chi connectivity index (χ1v) is 9.10. The van der Waals surface area contributed by atoms with Crippen LogP contribution < -0.4 is 5.32 Å². The van der Waals surface area contributed by atoms with Crippen molar-refractivity contribution in [2.45, 2.75) is 26.3 Å². The van der Waals surface area contributed by atoms with Crippen LogP contribution in [-0.2, 0) is 6.54 Å². The Morgan fingerprint density at radius 1 is 1.38 bits per heavy atom. The van der Waals surface area contributed by atoms with Crippen LogP contribution in [0.1, 0.15) is 41.0 Å². The van der Waals surface area contributed by atoms with Gasteiger partial charge in [-0.25, -0.2) is 4.98 Å². The molecule has 0 aliphatic heterocycles. The smallest absolute Gasteiger partial charge is 0.273 e. The van der Waals surface area contributed by atoms with Crippen molar-refractivity contribution in [3.63, 3.8) is 0 Å². The Morgan fingerprint density at radius 2 is 2.12 bits per heavy atom. The molecule has 1 amide bonds. The molecule has 3 rings (SSSR count). The standard InChI is InChI=1S/C16H16BrN5OS/c1-9(2)14-13(17)15(22-21-14)16(23)19-7-12-20-11(8-24-12)10-3-5-18-6-4-10/h3-6,8-9H,7H2,1-2H3,(H,19,23)(H,21,22). The number of aromatic nitrogens is 4. The molecule has 6 nitrogen and oxygen atoms in total. The zero-order valence-corrected chi connectivity index (χ0v) is 15.6. The van der Waals surface area contributed by atoms with Crippen LogP contribution in [0.25, 0.3) is 11.3 Å². The number of carbonyl (C=O) groups excluding carboxylic acids is 1. The van der Waals surface area contributed by atoms with E-state index in [0.717, 1.165) is 22.0 Å². The summed E-state index contributed by atoms with van der Waals surface area (Å²) in [5.41, 5.74) is 3.17. The van der Waals surface area contributed by atoms with Crippen LogP contribution >= 0.6 is 27.3 Å². The van der Waals surface area contributed by atoms with Crippen molar-refractivity contribution in [2.24, 2.45) is 0 Å². The fraction of sp³-hybridized carbons (Fsp3) is 0.250. The lowest BCUT2D eigenvalue weighted by molar-refractivity contribution is 0.0945. The third-order valence-corrected chi connectivity index (χ3v) is 5.10. The number of rotatable bonds is 5. The van der Waals surface area contributed by atoms with E-state index in [9.17, 15) is 4.79 Å². The molecule has 0 radical (unpaired) electrons. The van der Waals surface area contributed by atoms with Gasteiger partial charge >= 0.3 is 0 Å². The maximum Gasteiger partial charge on any atom is 0.273 e. The predicted octanol–water partition coefficient (Wildman–Crippen LogP) is 3.74. The molecule has 3 aromatic heterocycles. The molecule has 3 heterocycles. The normalized spacial score (nSPS) is 11.0. The first-order valence-electron chi connectivity index (χ1n) is 7.43. The van der Waals surface area contributed by atoms with E-state index in [1.165, 1.54) is 11.3 Å². The summed E-state index contributed by atoms with van der Waals surface area (Å²) in [6, 6.07) is 3.82. The molecule has 0 aliphatic rings. The number of nitrogens with zero attached hydrogens (tertiary/aromatic N) is 3. The van der Waals surface area contributed by atoms with Crippen molar-refractivity contribution in [1.82, 2.24) is 25.5 Å². The van der Waals surface area contributed by atoms with E-state index in [1.807, 2.05) is 31.4 Å². The number of hydrogen-bond donors (Lipinski definition) is 2. The highest BCUT2D eigenvalue weighted by molar-refractivity contribution is 9.10. The van der Waals surface area contributed by atoms with Crippen LogP contribution in [0.2, 0.25) is 0 Å². The van der Waals surface area contributed by atoms with Crippen LogP contribution in [0.4, 0.5) is 0 Å². The number of amides is 1. The summed E-state index contributed by atoms with van der Waals surface area (Å²) in [6.07, 6.45) is 3.47. The minimum atomic E-state index is -0.231. The lowest BCUT2D eigenvalue weighted by Gasteiger charge is -2.03. The van der Waals surface area contributed by atoms with Gasteiger partial charge in [-0.2, -0.15) is 5.10 Å². The lowest BCUT2D eigenvalue weighted by Crippen LogP contribution is -2.23. The van der Waals surface area contributed by atoms with Crippen molar-refractivity contribution in [3.8, 4) is 11.3 Å². The molecule has 0 aromatic carbocycles. The molecule has 0 bridgehead atoms. The number of H-pyrrole nitrogens is 1. The summed E-state index contributed by atoms with van der Waals surface area (Å²) in [4.78, 5) is 20.8. The third-order valence-electron chi connectivity index (χ3n) is 3.45. The largest absolute Gasteiger partial charge is 0.344 e. The van der Waals surface area contributed by atoms with Gasteiger partial charge in [-0.05, 0) is 34.0 Å². The van der Waals surface area contributed by atoms with Crippen LogP contribution in [0.15, 0.2) is 34.4 Å². The molecule has 24 heavy (non-hydrogen) atoms. The van der Waals surface area contributed by atoms with Gasteiger partial charge in [0.2, 0.25) is 0 Å². The topological polar surface area (TPSA) is 83.6 Å². The Bertz CT molecular complexity index is 843. The molecule has 0 atom stereocenters. The van der Waals surface area contributed by atoms with Gasteiger partial charge in [0, 0.05) is 23.3 Å². The second-order valence-electron chi connectivity index (χ2n) is 5.50. The van der Waals surface area contributed by atoms with Crippen LogP contribution in [0.5, 0.6) is 0 Å². The van der Waals surface area contributed by atoms with E-state index in [1.54, 1.807) is 12.4 Å². The van der Waals surface area contributed by atoms with E-state index in [4.69, 9.17) is 0 Å². The number of pyridine rings is 1. The minimum absolute atomic E-state index is 0.231. The summed E-state index contributed by atoms with van der Waals surface area (Å²) in [5, 5.41) is 12.7. The van der Waals surface area contributed by atoms with Gasteiger partial charge < -0.3 is 5.32 Å². The number of halogens is 1. The summed E-state index contributed by atoms with van der Waals surface area (Å²) in [5.74, 6) is 0.0287. The van der Waals surface area contributed by atoms with E-state index in [2.05, 4.69) is 41.4 Å². The summed E-state index contributed by atoms with van der Waals surface area (Å²) < 4.78 is 0.714. The number of thiazole rings is 1. The van der Waals surface area contributed by atoms with Crippen molar-refractivity contribution < 1.29 is 4.79 Å². The molecular weight excluding hydrogens is 390 g/mol. The Balaban J connectivity index is 1.66. The molecule has 0 unspecified atom stereocenters. The lowest BCUT2D eigenvalue weighted by atomic mass is 10.1. The Labute approximate surface area is 151 Å². The van der Waals surface area contributed by atoms with Crippen LogP contribution in [0, 0.1) is 0 Å². The van der Waals surface area contributed by atoms with E-state index in [-0.39, 0.29) is 11.8 Å². The average Bonchev–Trinajstić information content (AvgIpc) is 3.20. The monoisotopic (exact) mass is 405 g/mol. The van der Waals surface area contributed by atoms with Gasteiger partial charge in [-0.1, -0.05) is 13.8 Å². The summed E-state index contributed by atoms with van der Waals surface area (Å²) in [6.45, 7) is 4.44. The van der Waals surface area contributed by atoms with Crippen molar-refractivity contribution >= 4 is 33.2 Å². The SMILES string of the molecule is CC(C)c1[nH]nc(C(=O)NCc2nc(-c3ccncc3)cs2)c1Br. The van der Waals surface area contributed by atoms with Crippen LogP contribution in [-0.4, -0.2) is 26.1 Å². The minimum Gasteiger partial charge on any atom is -0.344 e. The highest BCUT2D eigenvalue weighted by Gasteiger charge is 2.19. The zero-order chi connectivity index (χ0) is 17.1. The second kappa shape index (κ2) is 7.23. The first kappa shape index (κ1) is 16.8. The Kier molecular flexibility index (Phi) is 5.06. The quantitative estimate of drug-likeness (QED) is 0.676. The fourth-order valence-electron chi connectivity index (χ4n) is 2.16. The molecule has 0 saturated carbocycles. The van der Waals surface area contributed by atoms with E-state index >= 15 is 0 Å². The number of carbonyl (C=O) groups is 1. The molecule has 8 heteroatoms. The Morgan fingerprint density at radius 3 is 2.79 bits per heavy atom. The van der Waals surface area contributed by atoms with Crippen molar-refractivity contribution in [3.05, 3.63) is 50.8 Å². The average molecular weight is 406 g/mol. The number of hydrogen-bond acceptors (Lipinski definition) is 5. The molecule has 0 spiro atoms. The van der Waals surface area contributed by atoms with Gasteiger partial charge in [-0.3, -0.25) is 14.9 Å². The predicted molar refractivity (Wildman–Crippen MR) is 96.9 cm³/mol. The molecule has 0 saturated heterocycles. The van der Waals surface area contributed by atoms with Gasteiger partial charge in [-0.15, -0.1) is 11.3 Å². The fourth-order valence-corrected chi connectivity index (χ4v) is 3.72. The number of aromatic amines is 1. The molecular formula is C16H16BrN5OS. The van der Waals surface area contributed by atoms with E-state index in [0.29, 0.717) is 16.7 Å². The second-order valence-corrected chi connectivity index (χ2v) is 7.24. The maximum atomic E-state index is 12.3. The van der Waals surface area contributed by atoms with Crippen molar-refractivity contribution in [2.75, 3.05) is 0 Å². The van der Waals surface area contributed by atoms with Gasteiger partial charge in [0.1, 0.15) is 5.01 Å². The first-order chi connectivity index (χ1) is 11.6. The van der Waals surface area contributed by atoms with Crippen molar-refractivity contribution in [1.29, 1.82) is 0 Å². The highest BCUT2D eigenvalue weighted by Crippen LogP contribution is 2.25. The molecule has 2 N–H and O–H groups in total. The number of nitrogens with one attached hydrogen (secondary N) is 2. The molecule has 3 aromatic rings. The molecule has 124 valence electrons. The Hall–Kier alpha value is -2.06. The van der Waals surface area contributed by atoms with Gasteiger partial charge in [0.15, 0.2) is 5.69 Å². The summed E-state index contributed by atoms with van der Waals surface area (Å²) >= 11 is 4.95. The zero-order valence-electron chi connectivity index (χ0n) is 13.2. The third kappa shape index (κ3) is 3.54. The van der Waals surface area contributed by atoms with E-state index < -0.39 is 0 Å². The van der Waals surface area contributed by atoms with Gasteiger partial charge in [0.25, 0.3) is 5.91 Å². The van der Waals surface area contributed by atoms with Gasteiger partial charge in [0.05, 0.1) is 22.4 Å². The summed E-state index contributed by atoms with van der Waals surface area (Å²) in [7, 11) is 0. The molecule has 0 fully saturated rings. The molecule has 0 aliphatic carbocycles. The maximum absolute atomic E-state index is 12.3. The van der Waals surface area contributed by atoms with Crippen LogP contribution in [0.3, 0.4) is 0 Å². The highest BCUT2D eigenvalue weighted by atomic mass is 79.9.